The van der Waals surface area contributed by atoms with Crippen molar-refractivity contribution in [2.24, 2.45) is 0 Å². The molecule has 0 spiro atoms. The third kappa shape index (κ3) is 7.88. The first-order valence-corrected chi connectivity index (χ1v) is 13.5. The van der Waals surface area contributed by atoms with Crippen LogP contribution in [0, 0.1) is 0 Å². The Hall–Kier alpha value is -2.73. The van der Waals surface area contributed by atoms with Crippen molar-refractivity contribution in [1.82, 2.24) is 10.2 Å². The van der Waals surface area contributed by atoms with E-state index in [4.69, 9.17) is 39.5 Å². The van der Waals surface area contributed by atoms with Gasteiger partial charge in [-0.25, -0.2) is 0 Å². The van der Waals surface area contributed by atoms with Crippen molar-refractivity contribution in [3.05, 3.63) is 99.0 Å². The molecular weight excluding hydrogens is 531 g/mol. The molecule has 1 aliphatic carbocycles. The van der Waals surface area contributed by atoms with Crippen LogP contribution in [0.25, 0.3) is 0 Å². The fraction of sp³-hybridized carbons (Fsp3) is 0.310. The van der Waals surface area contributed by atoms with Crippen LogP contribution in [0.5, 0.6) is 5.75 Å². The van der Waals surface area contributed by atoms with E-state index < -0.39 is 6.04 Å². The highest BCUT2D eigenvalue weighted by Gasteiger charge is 2.32. The molecule has 1 unspecified atom stereocenters. The minimum atomic E-state index is -0.743. The molecule has 0 aromatic heterocycles. The number of carbonyl (C=O) groups excluding carboxylic acids is 2. The zero-order valence-corrected chi connectivity index (χ0v) is 22.6. The fourth-order valence-electron chi connectivity index (χ4n) is 4.54. The first kappa shape index (κ1) is 27.3. The van der Waals surface area contributed by atoms with E-state index in [-0.39, 0.29) is 31.0 Å². The van der Waals surface area contributed by atoms with Crippen LogP contribution < -0.4 is 10.1 Å². The second-order valence-electron chi connectivity index (χ2n) is 9.21. The van der Waals surface area contributed by atoms with Crippen LogP contribution in [0.2, 0.25) is 15.1 Å². The molecular formula is C29H29Cl3N2O3. The number of hydrogen-bond donors (Lipinski definition) is 1. The Morgan fingerprint density at radius 3 is 2.35 bits per heavy atom. The Morgan fingerprint density at radius 2 is 1.65 bits per heavy atom. The van der Waals surface area contributed by atoms with Crippen molar-refractivity contribution in [3.63, 3.8) is 0 Å². The summed E-state index contributed by atoms with van der Waals surface area (Å²) in [6.07, 6.45) is 4.44. The molecule has 3 aromatic carbocycles. The molecule has 2 amide bonds. The first-order valence-electron chi connectivity index (χ1n) is 12.3. The van der Waals surface area contributed by atoms with Crippen molar-refractivity contribution in [2.75, 3.05) is 6.61 Å². The Bertz CT molecular complexity index is 1220. The van der Waals surface area contributed by atoms with Crippen LogP contribution >= 0.6 is 34.8 Å². The zero-order valence-electron chi connectivity index (χ0n) is 20.3. The number of rotatable bonds is 10. The molecule has 0 saturated heterocycles. The Balaban J connectivity index is 1.62. The average Bonchev–Trinajstić information content (AvgIpc) is 3.40. The van der Waals surface area contributed by atoms with Crippen LogP contribution in [0.4, 0.5) is 0 Å². The molecule has 0 aliphatic heterocycles. The van der Waals surface area contributed by atoms with Gasteiger partial charge >= 0.3 is 0 Å². The summed E-state index contributed by atoms with van der Waals surface area (Å²) in [5.74, 6) is -0.0224. The molecule has 4 rings (SSSR count). The van der Waals surface area contributed by atoms with E-state index in [2.05, 4.69) is 5.32 Å². The zero-order chi connectivity index (χ0) is 26.2. The van der Waals surface area contributed by atoms with Gasteiger partial charge in [0.25, 0.3) is 5.91 Å². The maximum absolute atomic E-state index is 13.7. The van der Waals surface area contributed by atoms with Gasteiger partial charge in [-0.3, -0.25) is 9.59 Å². The lowest BCUT2D eigenvalue weighted by Crippen LogP contribution is -2.53. The quantitative estimate of drug-likeness (QED) is 0.300. The minimum absolute atomic E-state index is 0.121. The summed E-state index contributed by atoms with van der Waals surface area (Å²) < 4.78 is 5.77. The van der Waals surface area contributed by atoms with Crippen molar-refractivity contribution in [1.29, 1.82) is 0 Å². The molecule has 1 fully saturated rings. The summed E-state index contributed by atoms with van der Waals surface area (Å²) in [6.45, 7) is -0.0755. The van der Waals surface area contributed by atoms with Crippen molar-refractivity contribution < 1.29 is 14.3 Å². The molecule has 1 N–H and O–H groups in total. The van der Waals surface area contributed by atoms with Gasteiger partial charge in [-0.15, -0.1) is 0 Å². The minimum Gasteiger partial charge on any atom is -0.484 e. The lowest BCUT2D eigenvalue weighted by atomic mass is 10.0. The van der Waals surface area contributed by atoms with E-state index in [9.17, 15) is 9.59 Å². The number of halogens is 3. The molecule has 0 bridgehead atoms. The van der Waals surface area contributed by atoms with E-state index in [1.807, 2.05) is 30.3 Å². The fourth-order valence-corrected chi connectivity index (χ4v) is 5.04. The van der Waals surface area contributed by atoms with Crippen molar-refractivity contribution in [3.8, 4) is 5.75 Å². The van der Waals surface area contributed by atoms with Crippen LogP contribution in [0.3, 0.4) is 0 Å². The predicted octanol–water partition coefficient (Wildman–Crippen LogP) is 6.72. The van der Waals surface area contributed by atoms with Gasteiger partial charge in [-0.05, 0) is 54.3 Å². The lowest BCUT2D eigenvalue weighted by molar-refractivity contribution is -0.143. The average molecular weight is 560 g/mol. The molecule has 0 heterocycles. The van der Waals surface area contributed by atoms with Crippen LogP contribution in [-0.2, 0) is 22.6 Å². The summed E-state index contributed by atoms with van der Waals surface area (Å²) in [4.78, 5) is 28.9. The number of benzene rings is 3. The first-order chi connectivity index (χ1) is 17.9. The number of ether oxygens (including phenoxy) is 1. The molecule has 1 atom stereocenters. The van der Waals surface area contributed by atoms with E-state index in [1.165, 1.54) is 0 Å². The van der Waals surface area contributed by atoms with Gasteiger partial charge in [0.2, 0.25) is 5.91 Å². The van der Waals surface area contributed by atoms with E-state index in [0.717, 1.165) is 36.8 Å². The standard InChI is InChI=1S/C29H29Cl3N2O3/c30-22-9-6-12-24(17-22)37-19-28(35)34(18-21-13-14-25(31)26(32)15-21)27(16-20-7-2-1-3-8-20)29(36)33-23-10-4-5-11-23/h1-3,6-9,12-15,17,23,27H,4-5,10-11,16,18-19H2,(H,33,36). The smallest absolute Gasteiger partial charge is 0.261 e. The van der Waals surface area contributed by atoms with Crippen LogP contribution in [0.1, 0.15) is 36.8 Å². The third-order valence-corrected chi connectivity index (χ3v) is 7.44. The van der Waals surface area contributed by atoms with Gasteiger partial charge in [0.15, 0.2) is 6.61 Å². The van der Waals surface area contributed by atoms with Crippen molar-refractivity contribution in [2.45, 2.75) is 50.7 Å². The lowest BCUT2D eigenvalue weighted by Gasteiger charge is -2.32. The van der Waals surface area contributed by atoms with Gasteiger partial charge in [-0.1, -0.05) is 90.1 Å². The summed E-state index contributed by atoms with van der Waals surface area (Å²) in [5.41, 5.74) is 1.72. The SMILES string of the molecule is O=C(NC1CCCC1)C(Cc1ccccc1)N(Cc1ccc(Cl)c(Cl)c1)C(=O)COc1cccc(Cl)c1. The molecule has 1 aliphatic rings. The van der Waals surface area contributed by atoms with Gasteiger partial charge in [0, 0.05) is 24.0 Å². The number of nitrogens with zero attached hydrogens (tertiary/aromatic N) is 1. The molecule has 194 valence electrons. The number of hydrogen-bond acceptors (Lipinski definition) is 3. The molecule has 3 aromatic rings. The third-order valence-electron chi connectivity index (χ3n) is 6.47. The molecule has 8 heteroatoms. The second kappa shape index (κ2) is 13.2. The topological polar surface area (TPSA) is 58.6 Å². The summed E-state index contributed by atoms with van der Waals surface area (Å²) in [6, 6.07) is 21.1. The summed E-state index contributed by atoms with van der Waals surface area (Å²) >= 11 is 18.5. The maximum Gasteiger partial charge on any atom is 0.261 e. The van der Waals surface area contributed by atoms with Gasteiger partial charge in [-0.2, -0.15) is 0 Å². The van der Waals surface area contributed by atoms with Gasteiger partial charge < -0.3 is 15.0 Å². The largest absolute Gasteiger partial charge is 0.484 e. The molecule has 1 saturated carbocycles. The summed E-state index contributed by atoms with van der Waals surface area (Å²) in [7, 11) is 0. The van der Waals surface area contributed by atoms with Gasteiger partial charge in [0.05, 0.1) is 10.0 Å². The molecule has 0 radical (unpaired) electrons. The highest BCUT2D eigenvalue weighted by molar-refractivity contribution is 6.42. The highest BCUT2D eigenvalue weighted by Crippen LogP contribution is 2.25. The number of nitrogens with one attached hydrogen (secondary N) is 1. The van der Waals surface area contributed by atoms with E-state index in [1.54, 1.807) is 47.4 Å². The highest BCUT2D eigenvalue weighted by atomic mass is 35.5. The Morgan fingerprint density at radius 1 is 0.892 bits per heavy atom. The molecule has 37 heavy (non-hydrogen) atoms. The van der Waals surface area contributed by atoms with E-state index in [0.29, 0.717) is 27.2 Å². The predicted molar refractivity (Wildman–Crippen MR) is 148 cm³/mol. The van der Waals surface area contributed by atoms with E-state index >= 15 is 0 Å². The second-order valence-corrected chi connectivity index (χ2v) is 10.5. The molecule has 5 nitrogen and oxygen atoms in total. The van der Waals surface area contributed by atoms with Crippen LogP contribution in [-0.4, -0.2) is 35.4 Å². The number of carbonyl (C=O) groups is 2. The normalized spacial score (nSPS) is 14.2. The summed E-state index contributed by atoms with van der Waals surface area (Å²) in [5, 5.41) is 4.50. The Labute approximate surface area is 232 Å². The van der Waals surface area contributed by atoms with Crippen LogP contribution in [0.15, 0.2) is 72.8 Å². The van der Waals surface area contributed by atoms with Gasteiger partial charge in [0.1, 0.15) is 11.8 Å². The monoisotopic (exact) mass is 558 g/mol. The maximum atomic E-state index is 13.7. The van der Waals surface area contributed by atoms with Crippen molar-refractivity contribution >= 4 is 46.6 Å². The Kier molecular flexibility index (Phi) is 9.73. The number of amides is 2.